The molecule has 1 aliphatic carbocycles. The maximum Gasteiger partial charge on any atom is 0.404 e. The zero-order chi connectivity index (χ0) is 9.35. The molecule has 0 radical (unpaired) electrons. The number of carboxylic acid groups (broad SMARTS) is 1. The third-order valence-electron chi connectivity index (χ3n) is 2.69. The first-order valence-electron chi connectivity index (χ1n) is 4.39. The van der Waals surface area contributed by atoms with Crippen molar-refractivity contribution in [2.45, 2.75) is 39.7 Å². The van der Waals surface area contributed by atoms with Gasteiger partial charge in [-0.25, -0.2) is 4.79 Å². The zero-order valence-electron chi connectivity index (χ0n) is 7.92. The molecule has 0 bridgehead atoms. The van der Waals surface area contributed by atoms with E-state index in [-0.39, 0.29) is 6.04 Å². The number of nitrogens with one attached hydrogen (secondary N) is 1. The van der Waals surface area contributed by atoms with Gasteiger partial charge in [0, 0.05) is 6.04 Å². The summed E-state index contributed by atoms with van der Waals surface area (Å²) in [5.41, 5.74) is 0.330. The normalized spacial score (nSPS) is 29.2. The Bertz CT molecular complexity index is 177. The van der Waals surface area contributed by atoms with Gasteiger partial charge < -0.3 is 10.4 Å². The molecule has 3 heteroatoms. The highest BCUT2D eigenvalue weighted by atomic mass is 16.4. The lowest BCUT2D eigenvalue weighted by Crippen LogP contribution is -2.47. The van der Waals surface area contributed by atoms with Crippen molar-refractivity contribution in [2.75, 3.05) is 0 Å². The monoisotopic (exact) mass is 171 g/mol. The number of rotatable bonds is 1. The van der Waals surface area contributed by atoms with Crippen molar-refractivity contribution < 1.29 is 9.90 Å². The van der Waals surface area contributed by atoms with E-state index in [1.807, 2.05) is 0 Å². The highest BCUT2D eigenvalue weighted by Crippen LogP contribution is 2.41. The van der Waals surface area contributed by atoms with Crippen molar-refractivity contribution in [3.05, 3.63) is 0 Å². The van der Waals surface area contributed by atoms with Gasteiger partial charge in [-0.1, -0.05) is 20.8 Å². The Labute approximate surface area is 73.2 Å². The summed E-state index contributed by atoms with van der Waals surface area (Å²) in [4.78, 5) is 10.2. The highest BCUT2D eigenvalue weighted by molar-refractivity contribution is 5.65. The molecule has 3 nitrogen and oxygen atoms in total. The van der Waals surface area contributed by atoms with Crippen LogP contribution in [-0.2, 0) is 0 Å². The quantitative estimate of drug-likeness (QED) is 0.634. The van der Waals surface area contributed by atoms with E-state index in [1.165, 1.54) is 0 Å². The molecule has 1 aliphatic rings. The Morgan fingerprint density at radius 3 is 2.25 bits per heavy atom. The van der Waals surface area contributed by atoms with Crippen LogP contribution < -0.4 is 5.32 Å². The molecule has 0 aromatic carbocycles. The average Bonchev–Trinajstić information content (AvgIpc) is 1.73. The van der Waals surface area contributed by atoms with Crippen LogP contribution in [0, 0.1) is 11.3 Å². The Hall–Kier alpha value is -0.730. The van der Waals surface area contributed by atoms with Crippen molar-refractivity contribution in [1.29, 1.82) is 0 Å². The summed E-state index contributed by atoms with van der Waals surface area (Å²) in [5, 5.41) is 10.9. The molecule has 0 aliphatic heterocycles. The van der Waals surface area contributed by atoms with Crippen molar-refractivity contribution in [1.82, 2.24) is 5.32 Å². The minimum Gasteiger partial charge on any atom is -0.465 e. The fourth-order valence-corrected chi connectivity index (χ4v) is 1.62. The molecule has 1 amide bonds. The number of hydrogen-bond acceptors (Lipinski definition) is 1. The van der Waals surface area contributed by atoms with Gasteiger partial charge in [0.1, 0.15) is 0 Å². The maximum atomic E-state index is 10.2. The van der Waals surface area contributed by atoms with Gasteiger partial charge >= 0.3 is 6.09 Å². The third kappa shape index (κ3) is 2.13. The molecular weight excluding hydrogens is 154 g/mol. The zero-order valence-corrected chi connectivity index (χ0v) is 7.92. The van der Waals surface area contributed by atoms with E-state index in [9.17, 15) is 4.79 Å². The molecule has 0 spiro atoms. The van der Waals surface area contributed by atoms with E-state index in [1.54, 1.807) is 0 Å². The van der Waals surface area contributed by atoms with Gasteiger partial charge in [0.25, 0.3) is 0 Å². The Kier molecular flexibility index (Phi) is 2.31. The average molecular weight is 171 g/mol. The van der Waals surface area contributed by atoms with Crippen LogP contribution in [0.3, 0.4) is 0 Å². The molecule has 0 aromatic rings. The third-order valence-corrected chi connectivity index (χ3v) is 2.69. The lowest BCUT2D eigenvalue weighted by Gasteiger charge is -2.43. The molecule has 0 atom stereocenters. The van der Waals surface area contributed by atoms with Crippen molar-refractivity contribution in [3.63, 3.8) is 0 Å². The predicted molar refractivity (Wildman–Crippen MR) is 47.1 cm³/mol. The molecule has 0 aromatic heterocycles. The predicted octanol–water partition coefficient (Wildman–Crippen LogP) is 2.08. The topological polar surface area (TPSA) is 49.3 Å². The molecule has 0 heterocycles. The molecular formula is C9H17NO2. The summed E-state index contributed by atoms with van der Waals surface area (Å²) < 4.78 is 0. The largest absolute Gasteiger partial charge is 0.465 e. The van der Waals surface area contributed by atoms with Gasteiger partial charge in [-0.3, -0.25) is 0 Å². The van der Waals surface area contributed by atoms with Crippen LogP contribution in [0.25, 0.3) is 0 Å². The van der Waals surface area contributed by atoms with Crippen LogP contribution >= 0.6 is 0 Å². The second-order valence-electron chi connectivity index (χ2n) is 4.68. The minimum absolute atomic E-state index is 0.201. The van der Waals surface area contributed by atoms with Crippen LogP contribution in [0.2, 0.25) is 0 Å². The van der Waals surface area contributed by atoms with Crippen LogP contribution in [0.4, 0.5) is 4.79 Å². The maximum absolute atomic E-state index is 10.2. The van der Waals surface area contributed by atoms with Gasteiger partial charge in [-0.15, -0.1) is 0 Å². The number of hydrogen-bond donors (Lipinski definition) is 2. The molecule has 2 N–H and O–H groups in total. The van der Waals surface area contributed by atoms with Crippen LogP contribution in [0.5, 0.6) is 0 Å². The molecule has 0 saturated heterocycles. The SMILES string of the molecule is CC(C)(C)C1CC(NC(=O)O)C1. The lowest BCUT2D eigenvalue weighted by molar-refractivity contribution is 0.0950. The molecule has 1 rings (SSSR count). The standard InChI is InChI=1S/C9H17NO2/c1-9(2,3)6-4-7(5-6)10-8(11)12/h6-7,10H,4-5H2,1-3H3,(H,11,12). The highest BCUT2D eigenvalue weighted by Gasteiger charge is 2.37. The lowest BCUT2D eigenvalue weighted by atomic mass is 9.66. The smallest absolute Gasteiger partial charge is 0.404 e. The first-order chi connectivity index (χ1) is 5.39. The second-order valence-corrected chi connectivity index (χ2v) is 4.68. The Balaban J connectivity index is 2.25. The minimum atomic E-state index is -0.896. The summed E-state index contributed by atoms with van der Waals surface area (Å²) in [6, 6.07) is 0.201. The van der Waals surface area contributed by atoms with Crippen molar-refractivity contribution in [3.8, 4) is 0 Å². The first kappa shape index (κ1) is 9.36. The molecule has 1 saturated carbocycles. The van der Waals surface area contributed by atoms with Gasteiger partial charge in [0.15, 0.2) is 0 Å². The van der Waals surface area contributed by atoms with E-state index < -0.39 is 6.09 Å². The van der Waals surface area contributed by atoms with Crippen LogP contribution in [0.1, 0.15) is 33.6 Å². The summed E-state index contributed by atoms with van der Waals surface area (Å²) >= 11 is 0. The van der Waals surface area contributed by atoms with Gasteiger partial charge in [0.2, 0.25) is 0 Å². The summed E-state index contributed by atoms with van der Waals surface area (Å²) in [5.74, 6) is 0.675. The van der Waals surface area contributed by atoms with Gasteiger partial charge in [-0.2, -0.15) is 0 Å². The summed E-state index contributed by atoms with van der Waals surface area (Å²) in [7, 11) is 0. The van der Waals surface area contributed by atoms with Crippen molar-refractivity contribution in [2.24, 2.45) is 11.3 Å². The summed E-state index contributed by atoms with van der Waals surface area (Å²) in [6.45, 7) is 6.61. The fourth-order valence-electron chi connectivity index (χ4n) is 1.62. The molecule has 1 fully saturated rings. The summed E-state index contributed by atoms with van der Waals surface area (Å²) in [6.07, 6.45) is 1.10. The van der Waals surface area contributed by atoms with Gasteiger partial charge in [-0.05, 0) is 24.2 Å². The molecule has 70 valence electrons. The molecule has 12 heavy (non-hydrogen) atoms. The van der Waals surface area contributed by atoms with E-state index in [2.05, 4.69) is 26.1 Å². The fraction of sp³-hybridized carbons (Fsp3) is 0.889. The Morgan fingerprint density at radius 1 is 1.42 bits per heavy atom. The van der Waals surface area contributed by atoms with Crippen LogP contribution in [-0.4, -0.2) is 17.2 Å². The number of carbonyl (C=O) groups is 1. The van der Waals surface area contributed by atoms with Gasteiger partial charge in [0.05, 0.1) is 0 Å². The first-order valence-corrected chi connectivity index (χ1v) is 4.39. The van der Waals surface area contributed by atoms with E-state index >= 15 is 0 Å². The van der Waals surface area contributed by atoms with E-state index in [4.69, 9.17) is 5.11 Å². The van der Waals surface area contributed by atoms with Crippen molar-refractivity contribution >= 4 is 6.09 Å². The Morgan fingerprint density at radius 2 is 1.92 bits per heavy atom. The number of amides is 1. The molecule has 0 unspecified atom stereocenters. The second kappa shape index (κ2) is 2.96. The van der Waals surface area contributed by atoms with E-state index in [0.29, 0.717) is 11.3 Å². The van der Waals surface area contributed by atoms with Crippen LogP contribution in [0.15, 0.2) is 0 Å². The van der Waals surface area contributed by atoms with E-state index in [0.717, 1.165) is 12.8 Å².